The first kappa shape index (κ1) is 16.6. The zero-order valence-electron chi connectivity index (χ0n) is 12.9. The first-order valence-corrected chi connectivity index (χ1v) is 9.15. The van der Waals surface area contributed by atoms with E-state index < -0.39 is 33.8 Å². The van der Waals surface area contributed by atoms with Crippen molar-refractivity contribution in [2.45, 2.75) is 36.0 Å². The summed E-state index contributed by atoms with van der Waals surface area (Å²) in [6, 6.07) is 2.11. The molecule has 1 saturated carbocycles. The number of sulfonamides is 1. The Morgan fingerprint density at radius 3 is 2.40 bits per heavy atom. The highest BCUT2D eigenvalue weighted by Gasteiger charge is 2.51. The van der Waals surface area contributed by atoms with E-state index in [0.717, 1.165) is 42.7 Å². The highest BCUT2D eigenvalue weighted by Crippen LogP contribution is 2.54. The molecule has 1 aromatic heterocycles. The molecule has 1 aliphatic carbocycles. The van der Waals surface area contributed by atoms with Crippen LogP contribution in [0.3, 0.4) is 0 Å². The van der Waals surface area contributed by atoms with E-state index in [2.05, 4.69) is 10.2 Å². The van der Waals surface area contributed by atoms with E-state index in [1.165, 1.54) is 4.31 Å². The Morgan fingerprint density at radius 2 is 1.84 bits per heavy atom. The van der Waals surface area contributed by atoms with Gasteiger partial charge >= 0.3 is 6.18 Å². The number of aromatic nitrogens is 2. The Balaban J connectivity index is 1.74. The zero-order valence-corrected chi connectivity index (χ0v) is 13.7. The molecule has 2 heterocycles. The quantitative estimate of drug-likeness (QED) is 0.902. The smallest absolute Gasteiger partial charge is 0.281 e. The second-order valence-corrected chi connectivity index (χ2v) is 8.17. The van der Waals surface area contributed by atoms with Crippen LogP contribution < -0.4 is 0 Å². The van der Waals surface area contributed by atoms with E-state index in [9.17, 15) is 21.6 Å². The molecule has 0 amide bonds. The van der Waals surface area contributed by atoms with Crippen LogP contribution in [0, 0.1) is 12.8 Å². The van der Waals surface area contributed by atoms with E-state index in [0.29, 0.717) is 5.69 Å². The van der Waals surface area contributed by atoms with Crippen LogP contribution in [0.4, 0.5) is 13.2 Å². The molecule has 1 aromatic carbocycles. The maximum Gasteiger partial charge on any atom is 0.416 e. The molecule has 2 radical (unpaired) electrons. The minimum absolute atomic E-state index is 0.147. The first-order chi connectivity index (χ1) is 11.7. The Labute approximate surface area is 142 Å². The van der Waals surface area contributed by atoms with Gasteiger partial charge in [0.25, 0.3) is 0 Å². The Hall–Kier alpha value is -1.87. The summed E-state index contributed by atoms with van der Waals surface area (Å²) in [7, 11) is -4.05. The number of aromatic amines is 1. The van der Waals surface area contributed by atoms with Gasteiger partial charge in [-0.05, 0) is 49.9 Å². The van der Waals surface area contributed by atoms with Gasteiger partial charge in [-0.1, -0.05) is 0 Å². The highest BCUT2D eigenvalue weighted by atomic mass is 32.2. The van der Waals surface area contributed by atoms with Crippen molar-refractivity contribution in [3.63, 3.8) is 0 Å². The van der Waals surface area contributed by atoms with Crippen LogP contribution in [-0.2, 0) is 16.2 Å². The lowest BCUT2D eigenvalue weighted by molar-refractivity contribution is -0.137. The number of nitrogens with one attached hydrogen (secondary N) is 1. The van der Waals surface area contributed by atoms with Crippen molar-refractivity contribution < 1.29 is 21.6 Å². The largest absolute Gasteiger partial charge is 0.416 e. The van der Waals surface area contributed by atoms with Gasteiger partial charge in [-0.3, -0.25) is 5.10 Å². The summed E-state index contributed by atoms with van der Waals surface area (Å²) < 4.78 is 65.4. The average Bonchev–Trinajstić information content (AvgIpc) is 3.18. The van der Waals surface area contributed by atoms with Gasteiger partial charge in [0.05, 0.1) is 34.4 Å². The van der Waals surface area contributed by atoms with Gasteiger partial charge in [0.1, 0.15) is 0 Å². The Bertz CT molecular complexity index is 901. The predicted molar refractivity (Wildman–Crippen MR) is 81.6 cm³/mol. The lowest BCUT2D eigenvalue weighted by Gasteiger charge is -2.28. The highest BCUT2D eigenvalue weighted by molar-refractivity contribution is 7.89. The number of H-pyrrole nitrogens is 1. The number of hydrogen-bond donors (Lipinski definition) is 1. The van der Waals surface area contributed by atoms with Crippen LogP contribution in [0.25, 0.3) is 0 Å². The maximum atomic E-state index is 13.0. The van der Waals surface area contributed by atoms with Crippen LogP contribution in [0.5, 0.6) is 0 Å². The van der Waals surface area contributed by atoms with Gasteiger partial charge in [0, 0.05) is 5.56 Å². The van der Waals surface area contributed by atoms with Crippen molar-refractivity contribution in [3.05, 3.63) is 54.2 Å². The minimum atomic E-state index is -4.52. The number of benzene rings is 1. The molecule has 0 bridgehead atoms. The second kappa shape index (κ2) is 5.31. The van der Waals surface area contributed by atoms with E-state index in [-0.39, 0.29) is 10.8 Å². The van der Waals surface area contributed by atoms with Crippen molar-refractivity contribution in [2.24, 2.45) is 5.92 Å². The molecule has 1 fully saturated rings. The van der Waals surface area contributed by atoms with E-state index in [1.807, 2.05) is 0 Å². The van der Waals surface area contributed by atoms with Gasteiger partial charge in [0.15, 0.2) is 0 Å². The summed E-state index contributed by atoms with van der Waals surface area (Å²) in [4.78, 5) is -0.209. The molecule has 25 heavy (non-hydrogen) atoms. The number of nitrogens with zero attached hydrogens (tertiary/aromatic N) is 2. The van der Waals surface area contributed by atoms with Crippen molar-refractivity contribution in [2.75, 3.05) is 0 Å². The molecule has 5 nitrogen and oxygen atoms in total. The molecule has 0 spiro atoms. The standard InChI is InChI=1S/C16H14F3N3O2S/c1-9-14-13(8-20-21-14)15(10-2-3-10)22(9)25(23,24)12-6-4-11(5-7-12)16(17,18)19/h1,4-10,15H,2-3H2,(H,20,21)/t9?,15-/m1/s1. The molecule has 4 rings (SSSR count). The topological polar surface area (TPSA) is 66.1 Å². The fourth-order valence-corrected chi connectivity index (χ4v) is 5.04. The SMILES string of the molecule is [CH]C1c2[nH]ncc2[C@@H](C2CC2)N1S(=O)(=O)c1ccc(C(F)(F)F)cc1. The number of alkyl halides is 3. The number of hydrogen-bond acceptors (Lipinski definition) is 3. The molecule has 9 heteroatoms. The normalized spacial score (nSPS) is 24.5. The summed E-state index contributed by atoms with van der Waals surface area (Å²) in [5, 5.41) is 6.66. The Morgan fingerprint density at radius 1 is 1.20 bits per heavy atom. The van der Waals surface area contributed by atoms with E-state index in [1.54, 1.807) is 6.20 Å². The molecule has 2 atom stereocenters. The molecule has 1 aliphatic heterocycles. The van der Waals surface area contributed by atoms with E-state index >= 15 is 0 Å². The molecule has 0 saturated heterocycles. The molecule has 2 aromatic rings. The number of fused-ring (bicyclic) bond motifs is 1. The van der Waals surface area contributed by atoms with Gasteiger partial charge in [0.2, 0.25) is 10.0 Å². The summed E-state index contributed by atoms with van der Waals surface area (Å²) in [6.07, 6.45) is -1.20. The zero-order chi connectivity index (χ0) is 18.0. The van der Waals surface area contributed by atoms with Crippen LogP contribution in [-0.4, -0.2) is 22.9 Å². The van der Waals surface area contributed by atoms with Crippen LogP contribution in [0.1, 0.15) is 41.7 Å². The summed E-state index contributed by atoms with van der Waals surface area (Å²) in [5.41, 5.74) is 0.378. The fourth-order valence-electron chi connectivity index (χ4n) is 3.33. The molecular formula is C16H14F3N3O2S. The molecule has 1 unspecified atom stereocenters. The third-order valence-corrected chi connectivity index (χ3v) is 6.57. The molecule has 132 valence electrons. The second-order valence-electron chi connectivity index (χ2n) is 6.32. The number of rotatable bonds is 3. The van der Waals surface area contributed by atoms with Crippen LogP contribution in [0.2, 0.25) is 0 Å². The first-order valence-electron chi connectivity index (χ1n) is 7.71. The van der Waals surface area contributed by atoms with Crippen LogP contribution in [0.15, 0.2) is 35.4 Å². The van der Waals surface area contributed by atoms with Crippen molar-refractivity contribution >= 4 is 10.0 Å². The lowest BCUT2D eigenvalue weighted by Crippen LogP contribution is -2.33. The average molecular weight is 369 g/mol. The van der Waals surface area contributed by atoms with Crippen LogP contribution >= 0.6 is 0 Å². The molecule has 1 N–H and O–H groups in total. The maximum absolute atomic E-state index is 13.0. The third-order valence-electron chi connectivity index (χ3n) is 4.69. The summed E-state index contributed by atoms with van der Waals surface area (Å²) >= 11 is 0. The fraction of sp³-hybridized carbons (Fsp3) is 0.375. The molecule has 2 aliphatic rings. The van der Waals surface area contributed by atoms with Gasteiger partial charge in [-0.15, -0.1) is 0 Å². The van der Waals surface area contributed by atoms with Gasteiger partial charge < -0.3 is 0 Å². The van der Waals surface area contributed by atoms with Gasteiger partial charge in [-0.25, -0.2) is 8.42 Å². The third kappa shape index (κ3) is 2.56. The van der Waals surface area contributed by atoms with Crippen molar-refractivity contribution in [1.29, 1.82) is 0 Å². The van der Waals surface area contributed by atoms with Crippen molar-refractivity contribution in [1.82, 2.24) is 14.5 Å². The minimum Gasteiger partial charge on any atom is -0.281 e. The van der Waals surface area contributed by atoms with Crippen molar-refractivity contribution in [3.8, 4) is 0 Å². The summed E-state index contributed by atoms with van der Waals surface area (Å²) in [6.45, 7) is 6.11. The summed E-state index contributed by atoms with van der Waals surface area (Å²) in [5.74, 6) is 0.147. The monoisotopic (exact) mass is 369 g/mol. The predicted octanol–water partition coefficient (Wildman–Crippen LogP) is 3.34. The molecular weight excluding hydrogens is 355 g/mol. The van der Waals surface area contributed by atoms with Gasteiger partial charge in [-0.2, -0.15) is 22.6 Å². The lowest BCUT2D eigenvalue weighted by atomic mass is 10.1. The van der Waals surface area contributed by atoms with E-state index in [4.69, 9.17) is 6.92 Å². The Kier molecular flexibility index (Phi) is 3.52. The number of halogens is 3.